The number of methoxy groups -OCH3 is 1. The van der Waals surface area contributed by atoms with Gasteiger partial charge in [0.1, 0.15) is 18.5 Å². The number of aromatic nitrogens is 1. The van der Waals surface area contributed by atoms with E-state index in [1.807, 2.05) is 32.0 Å². The summed E-state index contributed by atoms with van der Waals surface area (Å²) in [5.41, 5.74) is 3.74. The third kappa shape index (κ3) is 4.43. The molecule has 0 aliphatic heterocycles. The van der Waals surface area contributed by atoms with Crippen LogP contribution in [0.5, 0.6) is 0 Å². The van der Waals surface area contributed by atoms with Gasteiger partial charge in [-0.25, -0.2) is 4.98 Å². The fourth-order valence-electron chi connectivity index (χ4n) is 2.37. The van der Waals surface area contributed by atoms with Crippen molar-refractivity contribution >= 4 is 22.6 Å². The number of pyridine rings is 1. The summed E-state index contributed by atoms with van der Waals surface area (Å²) in [6, 6.07) is 8.12. The highest BCUT2D eigenvalue weighted by atomic mass is 16.5. The molecule has 1 aromatic heterocycles. The Morgan fingerprint density at radius 2 is 2.00 bits per heavy atom. The van der Waals surface area contributed by atoms with Crippen LogP contribution in [-0.4, -0.2) is 37.7 Å². The van der Waals surface area contributed by atoms with Crippen molar-refractivity contribution in [2.24, 2.45) is 0 Å². The van der Waals surface area contributed by atoms with E-state index in [0.29, 0.717) is 24.5 Å². The molecule has 126 valence electrons. The summed E-state index contributed by atoms with van der Waals surface area (Å²) in [4.78, 5) is 15.8. The summed E-state index contributed by atoms with van der Waals surface area (Å²) in [6.07, 6.45) is 0.729. The summed E-state index contributed by atoms with van der Waals surface area (Å²) in [7, 11) is 1.49. The summed E-state index contributed by atoms with van der Waals surface area (Å²) in [6.45, 7) is 5.32. The smallest absolute Gasteiger partial charge is 0.245 e. The normalized spacial score (nSPS) is 10.4. The van der Waals surface area contributed by atoms with Crippen molar-refractivity contribution in [2.45, 2.75) is 20.3 Å². The average molecular weight is 326 g/mol. The van der Waals surface area contributed by atoms with Crippen molar-refractivity contribution in [3.63, 3.8) is 0 Å². The Morgan fingerprint density at radius 3 is 2.71 bits per heavy atom. The molecule has 2 rings (SSSR count). The van der Waals surface area contributed by atoms with E-state index < -0.39 is 0 Å². The van der Waals surface area contributed by atoms with Gasteiger partial charge < -0.3 is 15.4 Å². The van der Waals surface area contributed by atoms with Crippen molar-refractivity contribution in [1.29, 1.82) is 5.26 Å². The number of benzene rings is 1. The van der Waals surface area contributed by atoms with Gasteiger partial charge in [-0.3, -0.25) is 4.79 Å². The van der Waals surface area contributed by atoms with Crippen LogP contribution in [0.3, 0.4) is 0 Å². The predicted octanol–water partition coefficient (Wildman–Crippen LogP) is 2.29. The molecule has 1 heterocycles. The van der Waals surface area contributed by atoms with Gasteiger partial charge in [0.2, 0.25) is 5.91 Å². The minimum atomic E-state index is -0.134. The Labute approximate surface area is 141 Å². The third-order valence-corrected chi connectivity index (χ3v) is 3.79. The molecule has 0 fully saturated rings. The van der Waals surface area contributed by atoms with Crippen LogP contribution >= 0.6 is 0 Å². The first-order chi connectivity index (χ1) is 11.5. The van der Waals surface area contributed by atoms with E-state index in [-0.39, 0.29) is 12.5 Å². The third-order valence-electron chi connectivity index (χ3n) is 3.79. The molecule has 6 nitrogen and oxygen atoms in total. The SMILES string of the molecule is COCC(=O)NCCCNc1nc2cc(C)c(C)cc2cc1C#N. The van der Waals surface area contributed by atoms with Crippen LogP contribution in [0, 0.1) is 25.2 Å². The van der Waals surface area contributed by atoms with Gasteiger partial charge in [0.25, 0.3) is 0 Å². The van der Waals surface area contributed by atoms with Crippen LogP contribution in [0.15, 0.2) is 18.2 Å². The number of ether oxygens (including phenoxy) is 1. The van der Waals surface area contributed by atoms with E-state index in [1.165, 1.54) is 18.2 Å². The highest BCUT2D eigenvalue weighted by Gasteiger charge is 2.08. The zero-order valence-corrected chi connectivity index (χ0v) is 14.3. The molecule has 0 spiro atoms. The van der Waals surface area contributed by atoms with Crippen molar-refractivity contribution in [1.82, 2.24) is 10.3 Å². The van der Waals surface area contributed by atoms with Crippen LogP contribution in [0.4, 0.5) is 5.82 Å². The Bertz CT molecular complexity index is 781. The van der Waals surface area contributed by atoms with Crippen LogP contribution in [0.1, 0.15) is 23.1 Å². The fourth-order valence-corrected chi connectivity index (χ4v) is 2.37. The Morgan fingerprint density at radius 1 is 1.25 bits per heavy atom. The summed E-state index contributed by atoms with van der Waals surface area (Å²) < 4.78 is 4.75. The van der Waals surface area contributed by atoms with Crippen molar-refractivity contribution in [3.8, 4) is 6.07 Å². The first kappa shape index (κ1) is 17.7. The van der Waals surface area contributed by atoms with Crippen molar-refractivity contribution in [3.05, 3.63) is 34.9 Å². The number of hydrogen-bond acceptors (Lipinski definition) is 5. The van der Waals surface area contributed by atoms with Crippen LogP contribution < -0.4 is 10.6 Å². The minimum Gasteiger partial charge on any atom is -0.375 e. The van der Waals surface area contributed by atoms with Crippen LogP contribution in [0.2, 0.25) is 0 Å². The fraction of sp³-hybridized carbons (Fsp3) is 0.389. The summed E-state index contributed by atoms with van der Waals surface area (Å²) >= 11 is 0. The summed E-state index contributed by atoms with van der Waals surface area (Å²) in [5, 5.41) is 16.2. The minimum absolute atomic E-state index is 0.0665. The second kappa shape index (κ2) is 8.27. The molecule has 6 heteroatoms. The second-order valence-corrected chi connectivity index (χ2v) is 5.69. The number of anilines is 1. The first-order valence-corrected chi connectivity index (χ1v) is 7.86. The monoisotopic (exact) mass is 326 g/mol. The van der Waals surface area contributed by atoms with Gasteiger partial charge in [0.15, 0.2) is 0 Å². The van der Waals surface area contributed by atoms with Gasteiger partial charge in [0, 0.05) is 25.6 Å². The van der Waals surface area contributed by atoms with E-state index in [1.54, 1.807) is 0 Å². The zero-order valence-electron chi connectivity index (χ0n) is 14.3. The van der Waals surface area contributed by atoms with E-state index in [2.05, 4.69) is 21.7 Å². The standard InChI is InChI=1S/C18H22N4O2/c1-12-7-14-9-15(10-19)18(22-16(14)8-13(12)2)21-6-4-5-20-17(23)11-24-3/h7-9H,4-6,11H2,1-3H3,(H,20,23)(H,21,22). The van der Waals surface area contributed by atoms with E-state index in [0.717, 1.165) is 17.3 Å². The van der Waals surface area contributed by atoms with Gasteiger partial charge in [0.05, 0.1) is 11.1 Å². The molecule has 0 bridgehead atoms. The molecule has 0 aliphatic carbocycles. The second-order valence-electron chi connectivity index (χ2n) is 5.69. The Kier molecular flexibility index (Phi) is 6.10. The molecule has 2 aromatic rings. The first-order valence-electron chi connectivity index (χ1n) is 7.86. The lowest BCUT2D eigenvalue weighted by atomic mass is 10.0. The highest BCUT2D eigenvalue weighted by Crippen LogP contribution is 2.23. The van der Waals surface area contributed by atoms with E-state index >= 15 is 0 Å². The lowest BCUT2D eigenvalue weighted by Crippen LogP contribution is -2.29. The lowest BCUT2D eigenvalue weighted by molar-refractivity contribution is -0.124. The van der Waals surface area contributed by atoms with Gasteiger partial charge in [-0.05, 0) is 49.6 Å². The molecule has 0 aliphatic rings. The van der Waals surface area contributed by atoms with Gasteiger partial charge in [-0.1, -0.05) is 0 Å². The van der Waals surface area contributed by atoms with E-state index in [4.69, 9.17) is 4.74 Å². The largest absolute Gasteiger partial charge is 0.375 e. The predicted molar refractivity (Wildman–Crippen MR) is 93.9 cm³/mol. The number of hydrogen-bond donors (Lipinski definition) is 2. The number of amides is 1. The number of carbonyl (C=O) groups is 1. The quantitative estimate of drug-likeness (QED) is 0.762. The molecule has 0 atom stereocenters. The number of nitrogens with zero attached hydrogens (tertiary/aromatic N) is 2. The van der Waals surface area contributed by atoms with Gasteiger partial charge in [-0.15, -0.1) is 0 Å². The highest BCUT2D eigenvalue weighted by molar-refractivity contribution is 5.84. The Hall–Kier alpha value is -2.65. The average Bonchev–Trinajstić information content (AvgIpc) is 2.55. The molecule has 1 aromatic carbocycles. The summed E-state index contributed by atoms with van der Waals surface area (Å²) in [5.74, 6) is 0.446. The number of carbonyl (C=O) groups excluding carboxylic acids is 1. The maximum absolute atomic E-state index is 11.3. The molecule has 0 saturated carbocycles. The molecule has 2 N–H and O–H groups in total. The number of fused-ring (bicyclic) bond motifs is 1. The molecule has 0 unspecified atom stereocenters. The maximum atomic E-state index is 11.3. The number of nitriles is 1. The number of nitrogens with one attached hydrogen (secondary N) is 2. The molecule has 24 heavy (non-hydrogen) atoms. The number of rotatable bonds is 7. The molecular weight excluding hydrogens is 304 g/mol. The van der Waals surface area contributed by atoms with Gasteiger partial charge >= 0.3 is 0 Å². The van der Waals surface area contributed by atoms with Crippen LogP contribution in [-0.2, 0) is 9.53 Å². The van der Waals surface area contributed by atoms with Crippen molar-refractivity contribution in [2.75, 3.05) is 32.1 Å². The van der Waals surface area contributed by atoms with Crippen molar-refractivity contribution < 1.29 is 9.53 Å². The van der Waals surface area contributed by atoms with Crippen LogP contribution in [0.25, 0.3) is 10.9 Å². The molecule has 1 amide bonds. The topological polar surface area (TPSA) is 87.0 Å². The Balaban J connectivity index is 2.02. The lowest BCUT2D eigenvalue weighted by Gasteiger charge is -2.10. The molecule has 0 radical (unpaired) electrons. The number of aryl methyl sites for hydroxylation is 2. The maximum Gasteiger partial charge on any atom is 0.245 e. The van der Waals surface area contributed by atoms with Gasteiger partial charge in [-0.2, -0.15) is 5.26 Å². The van der Waals surface area contributed by atoms with E-state index in [9.17, 15) is 10.1 Å². The molecule has 0 saturated heterocycles. The molecular formula is C18H22N4O2. The zero-order chi connectivity index (χ0) is 17.5.